The third kappa shape index (κ3) is 5.55. The maximum Gasteiger partial charge on any atom is 0.223 e. The smallest absolute Gasteiger partial charge is 0.223 e. The number of amides is 1. The van der Waals surface area contributed by atoms with E-state index in [1.807, 2.05) is 61.5 Å². The third-order valence-electron chi connectivity index (χ3n) is 5.75. The molecule has 0 saturated carbocycles. The molecule has 1 unspecified atom stereocenters. The lowest BCUT2D eigenvalue weighted by Crippen LogP contribution is -2.52. The number of ether oxygens (including phenoxy) is 1. The number of anilines is 1. The van der Waals surface area contributed by atoms with E-state index in [1.54, 1.807) is 18.9 Å². The van der Waals surface area contributed by atoms with Crippen LogP contribution in [0.1, 0.15) is 42.6 Å². The summed E-state index contributed by atoms with van der Waals surface area (Å²) in [5.74, 6) is 0.0737. The zero-order valence-corrected chi connectivity index (χ0v) is 18.9. The second-order valence-corrected chi connectivity index (χ2v) is 7.83. The molecule has 1 atom stereocenters. The summed E-state index contributed by atoms with van der Waals surface area (Å²) in [5, 5.41) is 0. The Bertz CT molecular complexity index is 818. The number of ketones is 1. The van der Waals surface area contributed by atoms with Gasteiger partial charge in [0.1, 0.15) is 0 Å². The van der Waals surface area contributed by atoms with Gasteiger partial charge in [-0.3, -0.25) is 14.5 Å². The highest BCUT2D eigenvalue weighted by Crippen LogP contribution is 2.28. The SMILES string of the molecule is CCC(Cc1ccccc1)(C(=O)c1ccc(N(CCCOC)C(C)=O)cc1)N(C)C. The zero-order chi connectivity index (χ0) is 22.1. The van der Waals surface area contributed by atoms with Crippen LogP contribution < -0.4 is 4.90 Å². The van der Waals surface area contributed by atoms with E-state index in [0.717, 1.165) is 17.7 Å². The number of likely N-dealkylation sites (N-methyl/N-ethyl adjacent to an activating group) is 1. The van der Waals surface area contributed by atoms with Crippen LogP contribution in [0.3, 0.4) is 0 Å². The van der Waals surface area contributed by atoms with Gasteiger partial charge in [-0.15, -0.1) is 0 Å². The standard InChI is InChI=1S/C25H34N2O3/c1-6-25(26(3)4,19-21-11-8-7-9-12-21)24(29)22-13-15-23(16-14-22)27(20(2)28)17-10-18-30-5/h7-9,11-16H,6,10,17-19H2,1-5H3. The highest BCUT2D eigenvalue weighted by molar-refractivity contribution is 6.04. The summed E-state index contributed by atoms with van der Waals surface area (Å²) in [5.41, 5.74) is 1.97. The predicted octanol–water partition coefficient (Wildman–Crippen LogP) is 4.21. The van der Waals surface area contributed by atoms with E-state index in [0.29, 0.717) is 31.6 Å². The molecule has 0 aliphatic rings. The molecular weight excluding hydrogens is 376 g/mol. The Balaban J connectivity index is 2.29. The molecule has 5 nitrogen and oxygen atoms in total. The lowest BCUT2D eigenvalue weighted by Gasteiger charge is -2.38. The lowest BCUT2D eigenvalue weighted by molar-refractivity contribution is -0.116. The van der Waals surface area contributed by atoms with Crippen LogP contribution in [-0.2, 0) is 16.0 Å². The number of rotatable bonds is 11. The van der Waals surface area contributed by atoms with Crippen LogP contribution in [0.4, 0.5) is 5.69 Å². The molecule has 30 heavy (non-hydrogen) atoms. The van der Waals surface area contributed by atoms with Crippen molar-refractivity contribution in [3.05, 3.63) is 65.7 Å². The molecule has 1 amide bonds. The van der Waals surface area contributed by atoms with E-state index in [2.05, 4.69) is 19.1 Å². The Morgan fingerprint density at radius 2 is 1.63 bits per heavy atom. The van der Waals surface area contributed by atoms with Crippen molar-refractivity contribution in [1.29, 1.82) is 0 Å². The highest BCUT2D eigenvalue weighted by atomic mass is 16.5. The van der Waals surface area contributed by atoms with Gasteiger partial charge in [0.25, 0.3) is 0 Å². The predicted molar refractivity (Wildman–Crippen MR) is 122 cm³/mol. The van der Waals surface area contributed by atoms with Crippen LogP contribution in [0.25, 0.3) is 0 Å². The van der Waals surface area contributed by atoms with E-state index in [4.69, 9.17) is 4.74 Å². The van der Waals surface area contributed by atoms with Crippen molar-refractivity contribution in [2.75, 3.05) is 39.3 Å². The normalized spacial score (nSPS) is 13.1. The van der Waals surface area contributed by atoms with Crippen molar-refractivity contribution in [2.45, 2.75) is 38.6 Å². The Morgan fingerprint density at radius 3 is 2.13 bits per heavy atom. The van der Waals surface area contributed by atoms with Gasteiger partial charge >= 0.3 is 0 Å². The van der Waals surface area contributed by atoms with Crippen molar-refractivity contribution in [1.82, 2.24) is 4.90 Å². The number of hydrogen-bond donors (Lipinski definition) is 0. The molecular formula is C25H34N2O3. The summed E-state index contributed by atoms with van der Waals surface area (Å²) in [6.07, 6.45) is 2.11. The van der Waals surface area contributed by atoms with Crippen LogP contribution in [0.2, 0.25) is 0 Å². The minimum absolute atomic E-state index is 0.0227. The Labute approximate surface area is 180 Å². The maximum absolute atomic E-state index is 13.6. The molecule has 0 heterocycles. The fraction of sp³-hybridized carbons (Fsp3) is 0.440. The van der Waals surface area contributed by atoms with E-state index < -0.39 is 5.54 Å². The lowest BCUT2D eigenvalue weighted by atomic mass is 9.80. The van der Waals surface area contributed by atoms with Gasteiger partial charge in [-0.25, -0.2) is 0 Å². The molecule has 0 saturated heterocycles. The number of carbonyl (C=O) groups excluding carboxylic acids is 2. The summed E-state index contributed by atoms with van der Waals surface area (Å²) in [6, 6.07) is 17.5. The first kappa shape index (κ1) is 23.8. The molecule has 162 valence electrons. The van der Waals surface area contributed by atoms with Gasteiger partial charge in [-0.1, -0.05) is 37.3 Å². The monoisotopic (exact) mass is 410 g/mol. The second-order valence-electron chi connectivity index (χ2n) is 7.83. The fourth-order valence-electron chi connectivity index (χ4n) is 3.87. The quantitative estimate of drug-likeness (QED) is 0.411. The first-order valence-electron chi connectivity index (χ1n) is 10.5. The maximum atomic E-state index is 13.6. The topological polar surface area (TPSA) is 49.9 Å². The molecule has 2 aromatic carbocycles. The van der Waals surface area contributed by atoms with Gasteiger partial charge in [0, 0.05) is 38.4 Å². The highest BCUT2D eigenvalue weighted by Gasteiger charge is 2.39. The van der Waals surface area contributed by atoms with Gasteiger partial charge in [0.05, 0.1) is 5.54 Å². The number of carbonyl (C=O) groups is 2. The Hall–Kier alpha value is -2.50. The van der Waals surface area contributed by atoms with Gasteiger partial charge < -0.3 is 9.64 Å². The van der Waals surface area contributed by atoms with Crippen molar-refractivity contribution >= 4 is 17.4 Å². The van der Waals surface area contributed by atoms with Crippen LogP contribution in [0.15, 0.2) is 54.6 Å². The molecule has 0 aliphatic heterocycles. The summed E-state index contributed by atoms with van der Waals surface area (Å²) in [6.45, 7) is 4.80. The Morgan fingerprint density at radius 1 is 1.00 bits per heavy atom. The van der Waals surface area contributed by atoms with Crippen molar-refractivity contribution in [3.63, 3.8) is 0 Å². The molecule has 5 heteroatoms. The second kappa shape index (κ2) is 11.0. The molecule has 0 N–H and O–H groups in total. The van der Waals surface area contributed by atoms with Crippen LogP contribution >= 0.6 is 0 Å². The third-order valence-corrected chi connectivity index (χ3v) is 5.75. The molecule has 0 bridgehead atoms. The first-order valence-corrected chi connectivity index (χ1v) is 10.5. The molecule has 0 radical (unpaired) electrons. The van der Waals surface area contributed by atoms with Crippen LogP contribution in [-0.4, -0.2) is 56.5 Å². The molecule has 0 aliphatic carbocycles. The molecule has 0 aromatic heterocycles. The van der Waals surface area contributed by atoms with Gasteiger partial charge in [-0.2, -0.15) is 0 Å². The number of nitrogens with zero attached hydrogens (tertiary/aromatic N) is 2. The number of hydrogen-bond acceptors (Lipinski definition) is 4. The average molecular weight is 411 g/mol. The number of Topliss-reactive ketones (excluding diaryl/α,β-unsaturated/α-hetero) is 1. The van der Waals surface area contributed by atoms with Crippen molar-refractivity contribution < 1.29 is 14.3 Å². The number of benzene rings is 2. The van der Waals surface area contributed by atoms with Crippen LogP contribution in [0.5, 0.6) is 0 Å². The summed E-state index contributed by atoms with van der Waals surface area (Å²) in [4.78, 5) is 29.4. The minimum Gasteiger partial charge on any atom is -0.385 e. The molecule has 0 spiro atoms. The first-order chi connectivity index (χ1) is 14.4. The summed E-state index contributed by atoms with van der Waals surface area (Å²) >= 11 is 0. The summed E-state index contributed by atoms with van der Waals surface area (Å²) in [7, 11) is 5.58. The van der Waals surface area contributed by atoms with Crippen LogP contribution in [0, 0.1) is 0 Å². The molecule has 2 aromatic rings. The van der Waals surface area contributed by atoms with Crippen molar-refractivity contribution in [3.8, 4) is 0 Å². The van der Waals surface area contributed by atoms with E-state index >= 15 is 0 Å². The molecule has 2 rings (SSSR count). The fourth-order valence-corrected chi connectivity index (χ4v) is 3.87. The van der Waals surface area contributed by atoms with Gasteiger partial charge in [0.2, 0.25) is 5.91 Å². The van der Waals surface area contributed by atoms with E-state index in [1.165, 1.54) is 0 Å². The summed E-state index contributed by atoms with van der Waals surface area (Å²) < 4.78 is 5.09. The van der Waals surface area contributed by atoms with Gasteiger partial charge in [-0.05, 0) is 63.2 Å². The van der Waals surface area contributed by atoms with Crippen molar-refractivity contribution in [2.24, 2.45) is 0 Å². The Kier molecular flexibility index (Phi) is 8.75. The number of methoxy groups -OCH3 is 1. The van der Waals surface area contributed by atoms with E-state index in [-0.39, 0.29) is 11.7 Å². The minimum atomic E-state index is -0.623. The zero-order valence-electron chi connectivity index (χ0n) is 18.9. The largest absolute Gasteiger partial charge is 0.385 e. The average Bonchev–Trinajstić information content (AvgIpc) is 2.75. The van der Waals surface area contributed by atoms with E-state index in [9.17, 15) is 9.59 Å². The molecule has 0 fully saturated rings. The van der Waals surface area contributed by atoms with Gasteiger partial charge in [0.15, 0.2) is 5.78 Å².